The highest BCUT2D eigenvalue weighted by Crippen LogP contribution is 2.18. The third-order valence-electron chi connectivity index (χ3n) is 5.28. The molecule has 2 heterocycles. The minimum atomic E-state index is 0.187. The fraction of sp³-hybridized carbons (Fsp3) is 0.833. The first kappa shape index (κ1) is 16.9. The first-order chi connectivity index (χ1) is 11.3. The van der Waals surface area contributed by atoms with E-state index in [0.29, 0.717) is 6.04 Å². The maximum Gasteiger partial charge on any atom is 0.247 e. The summed E-state index contributed by atoms with van der Waals surface area (Å²) < 4.78 is 5.39. The lowest BCUT2D eigenvalue weighted by molar-refractivity contribution is -0.118. The smallest absolute Gasteiger partial charge is 0.247 e. The molecule has 2 fully saturated rings. The maximum absolute atomic E-state index is 12.4. The van der Waals surface area contributed by atoms with Crippen LogP contribution in [-0.2, 0) is 9.53 Å². The Bertz CT molecular complexity index is 418. The Labute approximate surface area is 140 Å². The van der Waals surface area contributed by atoms with E-state index in [9.17, 15) is 4.79 Å². The standard InChI is InChI=1S/C18H31N3O2/c22-18(16-5-3-1-2-4-6-16)19-17-7-8-21(15-17)10-9-20-11-13-23-14-12-20/h5,17H,1-4,6-15H2,(H,19,22). The molecule has 0 aromatic rings. The maximum atomic E-state index is 12.4. The fourth-order valence-electron chi connectivity index (χ4n) is 3.76. The van der Waals surface area contributed by atoms with Gasteiger partial charge in [-0.05, 0) is 32.1 Å². The van der Waals surface area contributed by atoms with Gasteiger partial charge in [0.05, 0.1) is 13.2 Å². The van der Waals surface area contributed by atoms with E-state index in [-0.39, 0.29) is 5.91 Å². The Hall–Kier alpha value is -0.910. The molecule has 3 rings (SSSR count). The van der Waals surface area contributed by atoms with Crippen molar-refractivity contribution >= 4 is 5.91 Å². The van der Waals surface area contributed by atoms with Gasteiger partial charge in [0.2, 0.25) is 5.91 Å². The number of morpholine rings is 1. The van der Waals surface area contributed by atoms with E-state index in [1.54, 1.807) is 0 Å². The van der Waals surface area contributed by atoms with Crippen molar-refractivity contribution in [2.75, 3.05) is 52.5 Å². The molecule has 0 spiro atoms. The van der Waals surface area contributed by atoms with Gasteiger partial charge in [0.15, 0.2) is 0 Å². The summed E-state index contributed by atoms with van der Waals surface area (Å²) in [4.78, 5) is 17.4. The first-order valence-electron chi connectivity index (χ1n) is 9.33. The molecule has 130 valence electrons. The second-order valence-electron chi connectivity index (χ2n) is 7.04. The van der Waals surface area contributed by atoms with Gasteiger partial charge in [0, 0.05) is 50.9 Å². The second-order valence-corrected chi connectivity index (χ2v) is 7.04. The molecule has 5 heteroatoms. The molecule has 5 nitrogen and oxygen atoms in total. The molecule has 2 saturated heterocycles. The first-order valence-corrected chi connectivity index (χ1v) is 9.33. The Morgan fingerprint density at radius 3 is 2.83 bits per heavy atom. The number of likely N-dealkylation sites (tertiary alicyclic amines) is 1. The molecule has 1 unspecified atom stereocenters. The van der Waals surface area contributed by atoms with Gasteiger partial charge >= 0.3 is 0 Å². The third-order valence-corrected chi connectivity index (χ3v) is 5.28. The van der Waals surface area contributed by atoms with E-state index < -0.39 is 0 Å². The SMILES string of the molecule is O=C(NC1CCN(CCN2CCOCC2)C1)C1=CCCCCC1. The molecule has 0 saturated carbocycles. The van der Waals surface area contributed by atoms with Crippen LogP contribution in [-0.4, -0.2) is 74.2 Å². The van der Waals surface area contributed by atoms with E-state index >= 15 is 0 Å². The number of hydrogen-bond acceptors (Lipinski definition) is 4. The van der Waals surface area contributed by atoms with Crippen molar-refractivity contribution in [1.29, 1.82) is 0 Å². The van der Waals surface area contributed by atoms with Crippen LogP contribution in [0.2, 0.25) is 0 Å². The molecule has 0 aromatic heterocycles. The van der Waals surface area contributed by atoms with Crippen LogP contribution in [0.15, 0.2) is 11.6 Å². The van der Waals surface area contributed by atoms with Gasteiger partial charge in [0.25, 0.3) is 0 Å². The van der Waals surface area contributed by atoms with Gasteiger partial charge in [-0.25, -0.2) is 0 Å². The highest BCUT2D eigenvalue weighted by atomic mass is 16.5. The molecule has 3 aliphatic rings. The number of hydrogen-bond donors (Lipinski definition) is 1. The van der Waals surface area contributed by atoms with E-state index in [2.05, 4.69) is 21.2 Å². The van der Waals surface area contributed by atoms with Gasteiger partial charge in [-0.1, -0.05) is 12.5 Å². The molecule has 1 atom stereocenters. The molecule has 0 aromatic carbocycles. The zero-order valence-corrected chi connectivity index (χ0v) is 14.3. The average molecular weight is 321 g/mol. The molecular formula is C18H31N3O2. The fourth-order valence-corrected chi connectivity index (χ4v) is 3.76. The summed E-state index contributed by atoms with van der Waals surface area (Å²) in [5.74, 6) is 0.187. The van der Waals surface area contributed by atoms with Crippen LogP contribution >= 0.6 is 0 Å². The van der Waals surface area contributed by atoms with Gasteiger partial charge < -0.3 is 10.1 Å². The van der Waals surface area contributed by atoms with Gasteiger partial charge in [-0.2, -0.15) is 0 Å². The number of carbonyl (C=O) groups is 1. The van der Waals surface area contributed by atoms with Crippen molar-refractivity contribution in [3.05, 3.63) is 11.6 Å². The van der Waals surface area contributed by atoms with E-state index in [4.69, 9.17) is 4.74 Å². The molecular weight excluding hydrogens is 290 g/mol. The number of rotatable bonds is 5. The summed E-state index contributed by atoms with van der Waals surface area (Å²) in [6.45, 7) is 8.19. The van der Waals surface area contributed by atoms with Crippen molar-refractivity contribution in [2.24, 2.45) is 0 Å². The van der Waals surface area contributed by atoms with E-state index in [1.807, 2.05) is 0 Å². The zero-order chi connectivity index (χ0) is 15.9. The largest absolute Gasteiger partial charge is 0.379 e. The zero-order valence-electron chi connectivity index (χ0n) is 14.3. The molecule has 2 aliphatic heterocycles. The topological polar surface area (TPSA) is 44.8 Å². The normalized spacial score (nSPS) is 27.5. The predicted molar refractivity (Wildman–Crippen MR) is 91.4 cm³/mol. The van der Waals surface area contributed by atoms with Crippen molar-refractivity contribution in [3.8, 4) is 0 Å². The summed E-state index contributed by atoms with van der Waals surface area (Å²) in [5, 5.41) is 3.26. The van der Waals surface area contributed by atoms with Crippen LogP contribution in [0.5, 0.6) is 0 Å². The van der Waals surface area contributed by atoms with Crippen LogP contribution in [0.4, 0.5) is 0 Å². The number of carbonyl (C=O) groups excluding carboxylic acids is 1. The number of nitrogens with one attached hydrogen (secondary N) is 1. The summed E-state index contributed by atoms with van der Waals surface area (Å²) >= 11 is 0. The predicted octanol–water partition coefficient (Wildman–Crippen LogP) is 1.40. The van der Waals surface area contributed by atoms with Crippen LogP contribution in [0.3, 0.4) is 0 Å². The summed E-state index contributed by atoms with van der Waals surface area (Å²) in [6.07, 6.45) is 8.92. The molecule has 1 amide bonds. The average Bonchev–Trinajstić information content (AvgIpc) is 2.84. The molecule has 23 heavy (non-hydrogen) atoms. The monoisotopic (exact) mass is 321 g/mol. The second kappa shape index (κ2) is 8.81. The number of ether oxygens (including phenoxy) is 1. The molecule has 1 N–H and O–H groups in total. The van der Waals surface area contributed by atoms with Crippen molar-refractivity contribution < 1.29 is 9.53 Å². The van der Waals surface area contributed by atoms with Crippen LogP contribution < -0.4 is 5.32 Å². The lowest BCUT2D eigenvalue weighted by atomic mass is 10.1. The van der Waals surface area contributed by atoms with Crippen LogP contribution in [0.1, 0.15) is 38.5 Å². The van der Waals surface area contributed by atoms with E-state index in [1.165, 1.54) is 12.8 Å². The summed E-state index contributed by atoms with van der Waals surface area (Å²) in [5.41, 5.74) is 1.02. The third kappa shape index (κ3) is 5.30. The Morgan fingerprint density at radius 1 is 1.13 bits per heavy atom. The van der Waals surface area contributed by atoms with Gasteiger partial charge in [-0.15, -0.1) is 0 Å². The Morgan fingerprint density at radius 2 is 1.96 bits per heavy atom. The van der Waals surface area contributed by atoms with Gasteiger partial charge in [-0.3, -0.25) is 14.6 Å². The van der Waals surface area contributed by atoms with Crippen molar-refractivity contribution in [2.45, 2.75) is 44.6 Å². The summed E-state index contributed by atoms with van der Waals surface area (Å²) in [7, 11) is 0. The highest BCUT2D eigenvalue weighted by molar-refractivity contribution is 5.93. The highest BCUT2D eigenvalue weighted by Gasteiger charge is 2.25. The van der Waals surface area contributed by atoms with Crippen molar-refractivity contribution in [3.63, 3.8) is 0 Å². The quantitative estimate of drug-likeness (QED) is 0.831. The molecule has 0 radical (unpaired) electrons. The van der Waals surface area contributed by atoms with Crippen LogP contribution in [0.25, 0.3) is 0 Å². The number of allylic oxidation sites excluding steroid dienone is 1. The van der Waals surface area contributed by atoms with Crippen LogP contribution in [0, 0.1) is 0 Å². The number of amides is 1. The Kier molecular flexibility index (Phi) is 6.48. The summed E-state index contributed by atoms with van der Waals surface area (Å²) in [6, 6.07) is 0.330. The lowest BCUT2D eigenvalue weighted by Gasteiger charge is -2.28. The lowest BCUT2D eigenvalue weighted by Crippen LogP contribution is -2.42. The van der Waals surface area contributed by atoms with Crippen molar-refractivity contribution in [1.82, 2.24) is 15.1 Å². The Balaban J connectivity index is 1.37. The minimum absolute atomic E-state index is 0.187. The number of nitrogens with zero attached hydrogens (tertiary/aromatic N) is 2. The van der Waals surface area contributed by atoms with Gasteiger partial charge in [0.1, 0.15) is 0 Å². The minimum Gasteiger partial charge on any atom is -0.379 e. The molecule has 0 bridgehead atoms. The van der Waals surface area contributed by atoms with E-state index in [0.717, 1.165) is 83.7 Å². The molecule has 1 aliphatic carbocycles.